The zero-order valence-corrected chi connectivity index (χ0v) is 9.08. The molecule has 2 nitrogen and oxygen atoms in total. The van der Waals surface area contributed by atoms with Crippen molar-refractivity contribution in [1.82, 2.24) is 0 Å². The highest BCUT2D eigenvalue weighted by molar-refractivity contribution is 8.00. The summed E-state index contributed by atoms with van der Waals surface area (Å²) in [5.41, 5.74) is -4.74. The summed E-state index contributed by atoms with van der Waals surface area (Å²) < 4.78 is 36.3. The molecule has 0 bridgehead atoms. The van der Waals surface area contributed by atoms with Crippen LogP contribution in [0, 0.1) is 11.3 Å². The van der Waals surface area contributed by atoms with Crippen LogP contribution in [-0.2, 0) is 0 Å². The molecule has 0 aliphatic heterocycles. The zero-order valence-electron chi connectivity index (χ0n) is 7.51. The van der Waals surface area contributed by atoms with Crippen molar-refractivity contribution in [2.45, 2.75) is 10.4 Å². The van der Waals surface area contributed by atoms with Crippen molar-refractivity contribution in [3.63, 3.8) is 0 Å². The van der Waals surface area contributed by atoms with Crippen LogP contribution in [0.1, 0.15) is 15.9 Å². The predicted octanol–water partition coefficient (Wildman–Crippen LogP) is 3.55. The molecule has 84 valence electrons. The number of nitrogens with zero attached hydrogens (tertiary/aromatic N) is 1. The van der Waals surface area contributed by atoms with Gasteiger partial charge >= 0.3 is 5.51 Å². The molecule has 0 unspecified atom stereocenters. The highest BCUT2D eigenvalue weighted by Gasteiger charge is 2.31. The van der Waals surface area contributed by atoms with Crippen LogP contribution in [0.2, 0.25) is 0 Å². The van der Waals surface area contributed by atoms with E-state index in [2.05, 4.69) is 0 Å². The molecule has 0 fully saturated rings. The molecule has 1 aromatic carbocycles. The standard InChI is InChI=1S/C9H3ClF3NOS/c10-8(15)6-3-5(4-14)1-2-7(6)16-9(11,12)13/h1-3H. The van der Waals surface area contributed by atoms with Crippen LogP contribution in [0.5, 0.6) is 0 Å². The Hall–Kier alpha value is -1.19. The summed E-state index contributed by atoms with van der Waals surface area (Å²) >= 11 is 4.70. The Kier molecular flexibility index (Phi) is 3.83. The number of hydrogen-bond acceptors (Lipinski definition) is 3. The van der Waals surface area contributed by atoms with E-state index < -0.39 is 22.5 Å². The highest BCUT2D eigenvalue weighted by Crippen LogP contribution is 2.39. The van der Waals surface area contributed by atoms with E-state index in [-0.39, 0.29) is 16.0 Å². The second-order valence-electron chi connectivity index (χ2n) is 2.64. The van der Waals surface area contributed by atoms with Crippen LogP contribution in [0.25, 0.3) is 0 Å². The molecule has 0 spiro atoms. The van der Waals surface area contributed by atoms with E-state index in [1.165, 1.54) is 6.07 Å². The normalized spacial score (nSPS) is 10.9. The number of alkyl halides is 3. The predicted molar refractivity (Wildman–Crippen MR) is 53.3 cm³/mol. The Morgan fingerprint density at radius 2 is 2.06 bits per heavy atom. The van der Waals surface area contributed by atoms with Crippen LogP contribution < -0.4 is 0 Å². The average Bonchev–Trinajstić information content (AvgIpc) is 2.15. The second kappa shape index (κ2) is 4.76. The molecule has 0 amide bonds. The molecule has 7 heteroatoms. The molecule has 0 atom stereocenters. The molecule has 16 heavy (non-hydrogen) atoms. The topological polar surface area (TPSA) is 40.9 Å². The van der Waals surface area contributed by atoms with Gasteiger partial charge in [0.15, 0.2) is 0 Å². The van der Waals surface area contributed by atoms with Gasteiger partial charge in [0.2, 0.25) is 0 Å². The first-order valence-electron chi connectivity index (χ1n) is 3.83. The molecule has 0 saturated carbocycles. The summed E-state index contributed by atoms with van der Waals surface area (Å²) in [6.45, 7) is 0. The molecule has 1 aromatic rings. The first kappa shape index (κ1) is 12.9. The maximum absolute atomic E-state index is 12.1. The van der Waals surface area contributed by atoms with Gasteiger partial charge in [-0.2, -0.15) is 18.4 Å². The number of rotatable bonds is 2. The lowest BCUT2D eigenvalue weighted by Crippen LogP contribution is -2.02. The smallest absolute Gasteiger partial charge is 0.276 e. The quantitative estimate of drug-likeness (QED) is 0.606. The highest BCUT2D eigenvalue weighted by atomic mass is 35.5. The zero-order chi connectivity index (χ0) is 12.3. The monoisotopic (exact) mass is 265 g/mol. The number of carbonyl (C=O) groups is 1. The fraction of sp³-hybridized carbons (Fsp3) is 0.111. The Bertz CT molecular complexity index is 467. The maximum atomic E-state index is 12.1. The number of benzene rings is 1. The summed E-state index contributed by atoms with van der Waals surface area (Å²) in [5, 5.41) is 7.51. The Balaban J connectivity index is 3.20. The van der Waals surface area contributed by atoms with Gasteiger partial charge in [-0.25, -0.2) is 0 Å². The minimum absolute atomic E-state index is 0.0792. The summed E-state index contributed by atoms with van der Waals surface area (Å²) in [6, 6.07) is 4.98. The van der Waals surface area contributed by atoms with E-state index in [4.69, 9.17) is 16.9 Å². The number of hydrogen-bond donors (Lipinski definition) is 0. The van der Waals surface area contributed by atoms with Gasteiger partial charge in [0.05, 0.1) is 11.6 Å². The van der Waals surface area contributed by atoms with Gasteiger partial charge in [0, 0.05) is 10.5 Å². The van der Waals surface area contributed by atoms with E-state index in [9.17, 15) is 18.0 Å². The van der Waals surface area contributed by atoms with Crippen LogP contribution >= 0.6 is 23.4 Å². The van der Waals surface area contributed by atoms with Gasteiger partial charge in [-0.05, 0) is 41.6 Å². The van der Waals surface area contributed by atoms with Crippen molar-refractivity contribution in [3.05, 3.63) is 29.3 Å². The van der Waals surface area contributed by atoms with Crippen LogP contribution in [0.4, 0.5) is 13.2 Å². The first-order valence-corrected chi connectivity index (χ1v) is 5.02. The fourth-order valence-electron chi connectivity index (χ4n) is 0.967. The van der Waals surface area contributed by atoms with E-state index in [0.29, 0.717) is 0 Å². The van der Waals surface area contributed by atoms with Crippen LogP contribution in [0.3, 0.4) is 0 Å². The van der Waals surface area contributed by atoms with E-state index >= 15 is 0 Å². The minimum Gasteiger partial charge on any atom is -0.276 e. The second-order valence-corrected chi connectivity index (χ2v) is 4.09. The summed E-state index contributed by atoms with van der Waals surface area (Å²) in [6.07, 6.45) is 0. The molecule has 0 saturated heterocycles. The Labute approximate surface area is 98.0 Å². The van der Waals surface area contributed by atoms with Gasteiger partial charge in [-0.3, -0.25) is 4.79 Å². The lowest BCUT2D eigenvalue weighted by Gasteiger charge is -2.08. The SMILES string of the molecule is N#Cc1ccc(SC(F)(F)F)c(C(=O)Cl)c1. The summed E-state index contributed by atoms with van der Waals surface area (Å²) in [5.74, 6) is 0. The van der Waals surface area contributed by atoms with Crippen molar-refractivity contribution >= 4 is 28.6 Å². The van der Waals surface area contributed by atoms with E-state index in [1.807, 2.05) is 0 Å². The van der Waals surface area contributed by atoms with Crippen molar-refractivity contribution in [1.29, 1.82) is 5.26 Å². The lowest BCUT2D eigenvalue weighted by molar-refractivity contribution is -0.0328. The molecule has 0 aromatic heterocycles. The van der Waals surface area contributed by atoms with Gasteiger partial charge in [0.25, 0.3) is 5.24 Å². The fourth-order valence-corrected chi connectivity index (χ4v) is 1.83. The largest absolute Gasteiger partial charge is 0.446 e. The van der Waals surface area contributed by atoms with Gasteiger partial charge in [-0.15, -0.1) is 0 Å². The van der Waals surface area contributed by atoms with Crippen molar-refractivity contribution in [2.75, 3.05) is 0 Å². The Morgan fingerprint density at radius 1 is 1.44 bits per heavy atom. The lowest BCUT2D eigenvalue weighted by atomic mass is 10.1. The van der Waals surface area contributed by atoms with Gasteiger partial charge < -0.3 is 0 Å². The molecule has 0 aliphatic rings. The number of nitriles is 1. The van der Waals surface area contributed by atoms with Crippen molar-refractivity contribution < 1.29 is 18.0 Å². The van der Waals surface area contributed by atoms with Gasteiger partial charge in [0.1, 0.15) is 0 Å². The third-order valence-corrected chi connectivity index (χ3v) is 2.56. The third-order valence-electron chi connectivity index (χ3n) is 1.55. The van der Waals surface area contributed by atoms with E-state index in [1.54, 1.807) is 6.07 Å². The average molecular weight is 266 g/mol. The number of halogens is 4. The summed E-state index contributed by atoms with van der Waals surface area (Å²) in [7, 11) is 0. The van der Waals surface area contributed by atoms with Crippen LogP contribution in [-0.4, -0.2) is 10.8 Å². The molecular weight excluding hydrogens is 263 g/mol. The maximum Gasteiger partial charge on any atom is 0.446 e. The number of thioether (sulfide) groups is 1. The summed E-state index contributed by atoms with van der Waals surface area (Å²) in [4.78, 5) is 10.6. The molecule has 0 heterocycles. The van der Waals surface area contributed by atoms with Gasteiger partial charge in [-0.1, -0.05) is 0 Å². The van der Waals surface area contributed by atoms with E-state index in [0.717, 1.165) is 12.1 Å². The molecule has 0 aliphatic carbocycles. The third kappa shape index (κ3) is 3.43. The van der Waals surface area contributed by atoms with Crippen molar-refractivity contribution in [3.8, 4) is 6.07 Å². The molecular formula is C9H3ClF3NOS. The molecule has 0 N–H and O–H groups in total. The number of carbonyl (C=O) groups excluding carboxylic acids is 1. The first-order chi connectivity index (χ1) is 7.33. The van der Waals surface area contributed by atoms with Crippen molar-refractivity contribution in [2.24, 2.45) is 0 Å². The molecule has 1 rings (SSSR count). The minimum atomic E-state index is -4.50. The van der Waals surface area contributed by atoms with Crippen LogP contribution in [0.15, 0.2) is 23.1 Å². The Morgan fingerprint density at radius 3 is 2.50 bits per heavy atom. The molecule has 0 radical (unpaired) electrons.